The van der Waals surface area contributed by atoms with Gasteiger partial charge in [-0.2, -0.15) is 0 Å². The second-order valence-corrected chi connectivity index (χ2v) is 9.47. The Hall–Kier alpha value is -2.51. The summed E-state index contributed by atoms with van der Waals surface area (Å²) in [5.41, 5.74) is 1.64. The van der Waals surface area contributed by atoms with Crippen LogP contribution in [0.3, 0.4) is 0 Å². The quantitative estimate of drug-likeness (QED) is 0.534. The highest BCUT2D eigenvalue weighted by molar-refractivity contribution is 9.10. The van der Waals surface area contributed by atoms with Crippen molar-refractivity contribution < 1.29 is 19.1 Å². The molecule has 1 aliphatic carbocycles. The fraction of sp³-hybridized carbons (Fsp3) is 0.360. The zero-order chi connectivity index (χ0) is 23.4. The summed E-state index contributed by atoms with van der Waals surface area (Å²) in [6.07, 6.45) is 5.37. The SMILES string of the molecule is COc1ccc(/C=C2\OC3CCCCC3N(CC(=O)NCc3ccccc3Cl)C2=O)cc1Br. The van der Waals surface area contributed by atoms with Crippen molar-refractivity contribution in [2.45, 2.75) is 44.4 Å². The van der Waals surface area contributed by atoms with E-state index in [-0.39, 0.29) is 36.3 Å². The van der Waals surface area contributed by atoms with Gasteiger partial charge in [-0.1, -0.05) is 42.3 Å². The number of amides is 2. The predicted octanol–water partition coefficient (Wildman–Crippen LogP) is 4.94. The molecular formula is C25H26BrClN2O4. The van der Waals surface area contributed by atoms with Crippen LogP contribution < -0.4 is 10.1 Å². The van der Waals surface area contributed by atoms with Gasteiger partial charge in [0.05, 0.1) is 17.6 Å². The highest BCUT2D eigenvalue weighted by Crippen LogP contribution is 2.34. The minimum absolute atomic E-state index is 0.0164. The Labute approximate surface area is 207 Å². The van der Waals surface area contributed by atoms with Crippen LogP contribution >= 0.6 is 27.5 Å². The molecule has 1 aliphatic heterocycles. The van der Waals surface area contributed by atoms with Gasteiger partial charge in [0.15, 0.2) is 5.76 Å². The molecule has 1 saturated carbocycles. The van der Waals surface area contributed by atoms with Crippen molar-refractivity contribution in [1.82, 2.24) is 10.2 Å². The zero-order valence-electron chi connectivity index (χ0n) is 18.4. The highest BCUT2D eigenvalue weighted by Gasteiger charge is 2.42. The molecule has 2 amide bonds. The molecule has 2 fully saturated rings. The number of nitrogens with zero attached hydrogens (tertiary/aromatic N) is 1. The van der Waals surface area contributed by atoms with Crippen molar-refractivity contribution in [3.63, 3.8) is 0 Å². The minimum Gasteiger partial charge on any atom is -0.496 e. The van der Waals surface area contributed by atoms with Crippen LogP contribution in [0.25, 0.3) is 6.08 Å². The van der Waals surface area contributed by atoms with Crippen molar-refractivity contribution >= 4 is 45.4 Å². The largest absolute Gasteiger partial charge is 0.496 e. The van der Waals surface area contributed by atoms with Crippen molar-refractivity contribution in [2.75, 3.05) is 13.7 Å². The van der Waals surface area contributed by atoms with Gasteiger partial charge < -0.3 is 19.7 Å². The van der Waals surface area contributed by atoms with Crippen molar-refractivity contribution in [1.29, 1.82) is 0 Å². The Kier molecular flexibility index (Phi) is 7.60. The Balaban J connectivity index is 1.51. The van der Waals surface area contributed by atoms with Gasteiger partial charge in [-0.15, -0.1) is 0 Å². The zero-order valence-corrected chi connectivity index (χ0v) is 20.7. The van der Waals surface area contributed by atoms with E-state index in [4.69, 9.17) is 21.1 Å². The number of benzene rings is 2. The number of fused-ring (bicyclic) bond motifs is 1. The van der Waals surface area contributed by atoms with Crippen LogP contribution in [0.2, 0.25) is 5.02 Å². The molecule has 2 atom stereocenters. The number of nitrogens with one attached hydrogen (secondary N) is 1. The van der Waals surface area contributed by atoms with Gasteiger partial charge >= 0.3 is 0 Å². The molecule has 6 nitrogen and oxygen atoms in total. The first-order valence-electron chi connectivity index (χ1n) is 11.0. The number of hydrogen-bond donors (Lipinski definition) is 1. The van der Waals surface area contributed by atoms with Crippen molar-refractivity contribution in [3.8, 4) is 5.75 Å². The van der Waals surface area contributed by atoms with E-state index in [1.165, 1.54) is 0 Å². The van der Waals surface area contributed by atoms with Crippen LogP contribution in [0.15, 0.2) is 52.7 Å². The Morgan fingerprint density at radius 1 is 1.27 bits per heavy atom. The molecule has 2 unspecified atom stereocenters. The molecule has 0 spiro atoms. The molecule has 0 aromatic heterocycles. The molecule has 33 heavy (non-hydrogen) atoms. The summed E-state index contributed by atoms with van der Waals surface area (Å²) >= 11 is 9.67. The van der Waals surface area contributed by atoms with Gasteiger partial charge in [-0.25, -0.2) is 0 Å². The second kappa shape index (κ2) is 10.6. The summed E-state index contributed by atoms with van der Waals surface area (Å²) in [4.78, 5) is 27.8. The topological polar surface area (TPSA) is 67.9 Å². The summed E-state index contributed by atoms with van der Waals surface area (Å²) in [5, 5.41) is 3.49. The number of carbonyl (C=O) groups excluding carboxylic acids is 2. The monoisotopic (exact) mass is 532 g/mol. The average molecular weight is 534 g/mol. The summed E-state index contributed by atoms with van der Waals surface area (Å²) in [5.74, 6) is 0.477. The van der Waals surface area contributed by atoms with Gasteiger partial charge in [0.25, 0.3) is 5.91 Å². The number of carbonyl (C=O) groups is 2. The molecule has 0 radical (unpaired) electrons. The predicted molar refractivity (Wildman–Crippen MR) is 131 cm³/mol. The van der Waals surface area contributed by atoms with E-state index in [1.54, 1.807) is 24.2 Å². The molecule has 1 N–H and O–H groups in total. The number of methoxy groups -OCH3 is 1. The smallest absolute Gasteiger partial charge is 0.289 e. The van der Waals surface area contributed by atoms with Crippen molar-refractivity contribution in [3.05, 3.63) is 68.8 Å². The van der Waals surface area contributed by atoms with E-state index >= 15 is 0 Å². The normalized spacial score (nSPS) is 21.4. The Bertz CT molecular complexity index is 1070. The van der Waals surface area contributed by atoms with Gasteiger partial charge in [-0.05, 0) is 70.6 Å². The van der Waals surface area contributed by atoms with E-state index in [1.807, 2.05) is 36.4 Å². The third-order valence-corrected chi connectivity index (χ3v) is 7.03. The van der Waals surface area contributed by atoms with Crippen LogP contribution in [0.4, 0.5) is 0 Å². The highest BCUT2D eigenvalue weighted by atomic mass is 79.9. The summed E-state index contributed by atoms with van der Waals surface area (Å²) < 4.78 is 12.2. The number of morpholine rings is 1. The first-order chi connectivity index (χ1) is 16.0. The van der Waals surface area contributed by atoms with Crippen LogP contribution in [0.5, 0.6) is 5.75 Å². The summed E-state index contributed by atoms with van der Waals surface area (Å²) in [7, 11) is 1.60. The maximum atomic E-state index is 13.4. The molecule has 8 heteroatoms. The van der Waals surface area contributed by atoms with Gasteiger partial charge in [0, 0.05) is 11.6 Å². The first-order valence-corrected chi connectivity index (χ1v) is 12.2. The van der Waals surface area contributed by atoms with Gasteiger partial charge in [0.2, 0.25) is 5.91 Å². The van der Waals surface area contributed by atoms with E-state index in [9.17, 15) is 9.59 Å². The third kappa shape index (κ3) is 5.53. The van der Waals surface area contributed by atoms with Gasteiger partial charge in [0.1, 0.15) is 18.4 Å². The second-order valence-electron chi connectivity index (χ2n) is 8.21. The molecule has 2 aromatic rings. The molecule has 2 aromatic carbocycles. The Morgan fingerprint density at radius 2 is 2.06 bits per heavy atom. The fourth-order valence-electron chi connectivity index (χ4n) is 4.33. The fourth-order valence-corrected chi connectivity index (χ4v) is 5.09. The van der Waals surface area contributed by atoms with Crippen LogP contribution in [-0.4, -0.2) is 42.5 Å². The lowest BCUT2D eigenvalue weighted by Gasteiger charge is -2.44. The minimum atomic E-state index is -0.266. The molecule has 1 saturated heterocycles. The maximum absolute atomic E-state index is 13.4. The molecule has 4 rings (SSSR count). The number of halogens is 2. The van der Waals surface area contributed by atoms with E-state index in [0.717, 1.165) is 41.3 Å². The molecule has 2 aliphatic rings. The molecular weight excluding hydrogens is 508 g/mol. The number of rotatable bonds is 6. The number of hydrogen-bond acceptors (Lipinski definition) is 4. The lowest BCUT2D eigenvalue weighted by atomic mass is 9.89. The first kappa shape index (κ1) is 23.6. The molecule has 0 bridgehead atoms. The third-order valence-electron chi connectivity index (χ3n) is 6.04. The molecule has 174 valence electrons. The number of ether oxygens (including phenoxy) is 2. The van der Waals surface area contributed by atoms with Crippen LogP contribution in [0.1, 0.15) is 36.8 Å². The average Bonchev–Trinajstić information content (AvgIpc) is 2.81. The summed E-state index contributed by atoms with van der Waals surface area (Å²) in [6.45, 7) is 0.297. The molecule has 1 heterocycles. The van der Waals surface area contributed by atoms with E-state index in [0.29, 0.717) is 17.3 Å². The Morgan fingerprint density at radius 3 is 2.82 bits per heavy atom. The van der Waals surface area contributed by atoms with E-state index < -0.39 is 0 Å². The lowest BCUT2D eigenvalue weighted by molar-refractivity contribution is -0.151. The standard InChI is InChI=1S/C25H26BrClN2O4/c1-32-21-11-10-16(12-18(21)26)13-23-25(31)29(20-8-4-5-9-22(20)33-23)15-24(30)28-14-17-6-2-3-7-19(17)27/h2-3,6-7,10-13,20,22H,4-5,8-9,14-15H2,1H3,(H,28,30)/b23-13-. The van der Waals surface area contributed by atoms with Crippen LogP contribution in [0, 0.1) is 0 Å². The van der Waals surface area contributed by atoms with Crippen LogP contribution in [-0.2, 0) is 20.9 Å². The van der Waals surface area contributed by atoms with E-state index in [2.05, 4.69) is 21.2 Å². The summed E-state index contributed by atoms with van der Waals surface area (Å²) in [6, 6.07) is 12.8. The maximum Gasteiger partial charge on any atom is 0.289 e. The van der Waals surface area contributed by atoms with Crippen molar-refractivity contribution in [2.24, 2.45) is 0 Å². The van der Waals surface area contributed by atoms with Gasteiger partial charge in [-0.3, -0.25) is 9.59 Å². The lowest BCUT2D eigenvalue weighted by Crippen LogP contribution is -2.57.